The van der Waals surface area contributed by atoms with Gasteiger partial charge in [-0.3, -0.25) is 0 Å². The maximum atomic E-state index is 9.77. The van der Waals surface area contributed by atoms with Gasteiger partial charge < -0.3 is 19.7 Å². The van der Waals surface area contributed by atoms with E-state index in [2.05, 4.69) is 11.4 Å². The molecule has 0 amide bonds. The summed E-state index contributed by atoms with van der Waals surface area (Å²) in [6, 6.07) is 8.11. The molecule has 0 bridgehead atoms. The molecular formula is C17H26BNO3. The Morgan fingerprint density at radius 2 is 1.77 bits per heavy atom. The van der Waals surface area contributed by atoms with Gasteiger partial charge in [-0.25, -0.2) is 0 Å². The van der Waals surface area contributed by atoms with Crippen molar-refractivity contribution in [3.63, 3.8) is 0 Å². The number of nitrogens with one attached hydrogen (secondary N) is 1. The van der Waals surface area contributed by atoms with Crippen LogP contribution in [0.3, 0.4) is 0 Å². The van der Waals surface area contributed by atoms with Crippen LogP contribution in [-0.4, -0.2) is 37.1 Å². The fraction of sp³-hybridized carbons (Fsp3) is 0.529. The highest BCUT2D eigenvalue weighted by Crippen LogP contribution is 2.38. The number of aliphatic hydroxyl groups excluding tert-OH is 1. The van der Waals surface area contributed by atoms with Crippen LogP contribution < -0.4 is 5.32 Å². The average Bonchev–Trinajstić information content (AvgIpc) is 2.66. The first-order chi connectivity index (χ1) is 10.3. The molecule has 0 saturated carbocycles. The maximum absolute atomic E-state index is 9.77. The summed E-state index contributed by atoms with van der Waals surface area (Å²) >= 11 is 0. The first kappa shape index (κ1) is 17.2. The molecule has 0 atom stereocenters. The van der Waals surface area contributed by atoms with Crippen LogP contribution in [-0.2, 0) is 15.9 Å². The van der Waals surface area contributed by atoms with E-state index in [9.17, 15) is 5.11 Å². The summed E-state index contributed by atoms with van der Waals surface area (Å²) in [6.07, 6.45) is 1.97. The normalized spacial score (nSPS) is 20.5. The fourth-order valence-electron chi connectivity index (χ4n) is 2.41. The summed E-state index contributed by atoms with van der Waals surface area (Å²) in [4.78, 5) is 0. The minimum Gasteiger partial charge on any atom is -0.400 e. The van der Waals surface area contributed by atoms with Gasteiger partial charge in [-0.15, -0.1) is 0 Å². The van der Waals surface area contributed by atoms with Gasteiger partial charge >= 0.3 is 7.12 Å². The third kappa shape index (κ3) is 3.44. The molecule has 1 aromatic carbocycles. The highest BCUT2D eigenvalue weighted by atomic mass is 16.7. The Morgan fingerprint density at radius 1 is 1.18 bits per heavy atom. The van der Waals surface area contributed by atoms with E-state index in [4.69, 9.17) is 9.31 Å². The Kier molecular flexibility index (Phi) is 5.12. The van der Waals surface area contributed by atoms with Gasteiger partial charge in [-0.2, -0.15) is 0 Å². The molecule has 22 heavy (non-hydrogen) atoms. The van der Waals surface area contributed by atoms with E-state index in [1.807, 2.05) is 59.0 Å². The van der Waals surface area contributed by atoms with Crippen molar-refractivity contribution < 1.29 is 14.4 Å². The molecule has 1 aliphatic heterocycles. The molecule has 1 heterocycles. The Morgan fingerprint density at radius 3 is 2.32 bits per heavy atom. The monoisotopic (exact) mass is 303 g/mol. The summed E-state index contributed by atoms with van der Waals surface area (Å²) in [6.45, 7) is 8.72. The molecule has 120 valence electrons. The molecule has 5 heteroatoms. The van der Waals surface area contributed by atoms with Gasteiger partial charge in [0.2, 0.25) is 0 Å². The summed E-state index contributed by atoms with van der Waals surface area (Å²) in [5.74, 6) is 0. The average molecular weight is 303 g/mol. The van der Waals surface area contributed by atoms with Crippen LogP contribution in [0, 0.1) is 0 Å². The van der Waals surface area contributed by atoms with E-state index in [1.165, 1.54) is 5.56 Å². The van der Waals surface area contributed by atoms with Crippen molar-refractivity contribution in [1.82, 2.24) is 5.32 Å². The van der Waals surface area contributed by atoms with E-state index in [0.717, 1.165) is 17.6 Å². The highest BCUT2D eigenvalue weighted by Gasteiger charge is 2.52. The van der Waals surface area contributed by atoms with Crippen LogP contribution in [0.5, 0.6) is 0 Å². The van der Waals surface area contributed by atoms with E-state index in [1.54, 1.807) is 0 Å². The van der Waals surface area contributed by atoms with Crippen LogP contribution in [0.15, 0.2) is 29.7 Å². The van der Waals surface area contributed by atoms with E-state index >= 15 is 0 Å². The lowest BCUT2D eigenvalue weighted by Crippen LogP contribution is -2.41. The fourth-order valence-corrected chi connectivity index (χ4v) is 2.41. The molecular weight excluding hydrogens is 277 g/mol. The van der Waals surface area contributed by atoms with Crippen LogP contribution in [0.4, 0.5) is 0 Å². The SMILES string of the molecule is CNCc1ccccc1C=C(CO)B1OC(C)(C)C(C)(C)O1. The van der Waals surface area contributed by atoms with Gasteiger partial charge in [0.15, 0.2) is 0 Å². The zero-order chi connectivity index (χ0) is 16.4. The molecule has 0 aromatic heterocycles. The van der Waals surface area contributed by atoms with Gasteiger partial charge in [0.05, 0.1) is 17.8 Å². The second-order valence-electron chi connectivity index (χ2n) is 6.69. The van der Waals surface area contributed by atoms with E-state index < -0.39 is 18.3 Å². The smallest absolute Gasteiger partial charge is 0.400 e. The third-order valence-electron chi connectivity index (χ3n) is 4.50. The minimum absolute atomic E-state index is 0.0925. The lowest BCUT2D eigenvalue weighted by molar-refractivity contribution is 0.00578. The van der Waals surface area contributed by atoms with Crippen molar-refractivity contribution >= 4 is 13.2 Å². The second kappa shape index (κ2) is 6.55. The first-order valence-electron chi connectivity index (χ1n) is 7.70. The van der Waals surface area contributed by atoms with Gasteiger partial charge in [-0.05, 0) is 51.3 Å². The summed E-state index contributed by atoms with van der Waals surface area (Å²) in [5, 5.41) is 12.9. The zero-order valence-electron chi connectivity index (χ0n) is 14.1. The number of benzene rings is 1. The highest BCUT2D eigenvalue weighted by molar-refractivity contribution is 6.55. The molecule has 2 rings (SSSR count). The lowest BCUT2D eigenvalue weighted by Gasteiger charge is -2.32. The Balaban J connectivity index is 2.30. The molecule has 0 radical (unpaired) electrons. The van der Waals surface area contributed by atoms with Crippen LogP contribution in [0.25, 0.3) is 6.08 Å². The predicted molar refractivity (Wildman–Crippen MR) is 90.4 cm³/mol. The molecule has 0 spiro atoms. The quantitative estimate of drug-likeness (QED) is 0.820. The van der Waals surface area contributed by atoms with Crippen LogP contribution >= 0.6 is 0 Å². The number of aliphatic hydroxyl groups is 1. The summed E-state index contributed by atoms with van der Waals surface area (Å²) in [5.41, 5.74) is 2.16. The standard InChI is InChI=1S/C17H26BNO3/c1-16(2)17(3,4)22-18(21-16)15(12-20)10-13-8-6-7-9-14(13)11-19-5/h6-10,19-20H,11-12H2,1-5H3. The molecule has 1 aromatic rings. The van der Waals surface area contributed by atoms with Crippen molar-refractivity contribution in [2.24, 2.45) is 0 Å². The number of hydrogen-bond donors (Lipinski definition) is 2. The number of hydrogen-bond acceptors (Lipinski definition) is 4. The first-order valence-corrected chi connectivity index (χ1v) is 7.70. The topological polar surface area (TPSA) is 50.7 Å². The van der Waals surface area contributed by atoms with Crippen molar-refractivity contribution in [1.29, 1.82) is 0 Å². The van der Waals surface area contributed by atoms with Crippen LogP contribution in [0.2, 0.25) is 0 Å². The Hall–Kier alpha value is -1.14. The second-order valence-corrected chi connectivity index (χ2v) is 6.69. The van der Waals surface area contributed by atoms with Gasteiger partial charge in [-0.1, -0.05) is 30.3 Å². The lowest BCUT2D eigenvalue weighted by atomic mass is 9.77. The Bertz CT molecular complexity index is 539. The molecule has 0 unspecified atom stereocenters. The Labute approximate surface area is 133 Å². The van der Waals surface area contributed by atoms with Crippen molar-refractivity contribution in [3.8, 4) is 0 Å². The predicted octanol–water partition coefficient (Wildman–Crippen LogP) is 2.41. The van der Waals surface area contributed by atoms with Gasteiger partial charge in [0.25, 0.3) is 0 Å². The van der Waals surface area contributed by atoms with Crippen LogP contribution in [0.1, 0.15) is 38.8 Å². The summed E-state index contributed by atoms with van der Waals surface area (Å²) in [7, 11) is 1.40. The molecule has 0 aliphatic carbocycles. The third-order valence-corrected chi connectivity index (χ3v) is 4.50. The van der Waals surface area contributed by atoms with Gasteiger partial charge in [0.1, 0.15) is 0 Å². The molecule has 2 N–H and O–H groups in total. The van der Waals surface area contributed by atoms with Crippen molar-refractivity contribution in [3.05, 3.63) is 40.9 Å². The molecule has 1 aliphatic rings. The number of rotatable bonds is 5. The van der Waals surface area contributed by atoms with E-state index in [-0.39, 0.29) is 6.61 Å². The van der Waals surface area contributed by atoms with Crippen molar-refractivity contribution in [2.75, 3.05) is 13.7 Å². The molecule has 4 nitrogen and oxygen atoms in total. The summed E-state index contributed by atoms with van der Waals surface area (Å²) < 4.78 is 12.0. The largest absolute Gasteiger partial charge is 0.492 e. The van der Waals surface area contributed by atoms with E-state index in [0.29, 0.717) is 0 Å². The zero-order valence-corrected chi connectivity index (χ0v) is 14.1. The molecule has 1 saturated heterocycles. The molecule has 1 fully saturated rings. The maximum Gasteiger partial charge on any atom is 0.492 e. The minimum atomic E-state index is -0.516. The van der Waals surface area contributed by atoms with Crippen molar-refractivity contribution in [2.45, 2.75) is 45.4 Å². The van der Waals surface area contributed by atoms with Gasteiger partial charge in [0, 0.05) is 6.54 Å².